The van der Waals surface area contributed by atoms with Crippen LogP contribution in [0, 0.1) is 11.8 Å². The maximum absolute atomic E-state index is 13.4. The fourth-order valence-corrected chi connectivity index (χ4v) is 7.34. The molecule has 2 fully saturated rings. The lowest BCUT2D eigenvalue weighted by Gasteiger charge is -2.31. The molecule has 0 aromatic heterocycles. The third kappa shape index (κ3) is 4.41. The Morgan fingerprint density at radius 1 is 1.29 bits per heavy atom. The van der Waals surface area contributed by atoms with Crippen LogP contribution in [0.5, 0.6) is 5.75 Å². The summed E-state index contributed by atoms with van der Waals surface area (Å²) in [5.74, 6) is -2.70. The third-order valence-electron chi connectivity index (χ3n) is 5.36. The number of hydrogen-bond acceptors (Lipinski definition) is 8. The molecule has 2 atom stereocenters. The summed E-state index contributed by atoms with van der Waals surface area (Å²) in [5.41, 5.74) is -0.0623. The number of benzene rings is 1. The highest BCUT2D eigenvalue weighted by Crippen LogP contribution is 2.36. The topological polar surface area (TPSA) is 127 Å². The molecule has 1 aromatic rings. The Morgan fingerprint density at radius 2 is 2.00 bits per heavy atom. The summed E-state index contributed by atoms with van der Waals surface area (Å²) >= 11 is 0. The molecule has 31 heavy (non-hydrogen) atoms. The number of carbonyl (C=O) groups is 2. The van der Waals surface area contributed by atoms with Gasteiger partial charge in [-0.3, -0.25) is 9.59 Å². The van der Waals surface area contributed by atoms with Crippen molar-refractivity contribution in [2.75, 3.05) is 36.9 Å². The van der Waals surface area contributed by atoms with E-state index < -0.39 is 43.8 Å². The number of amides is 1. The maximum Gasteiger partial charge on any atom is 0.310 e. The number of methoxy groups -OCH3 is 1. The zero-order chi connectivity index (χ0) is 23.0. The van der Waals surface area contributed by atoms with Crippen LogP contribution in [-0.2, 0) is 34.4 Å². The number of hydrogen-bond donors (Lipinski definition) is 0. The number of anilines is 1. The minimum Gasteiger partial charge on any atom is -0.495 e. The molecule has 2 aliphatic rings. The van der Waals surface area contributed by atoms with E-state index in [9.17, 15) is 26.4 Å². The molecule has 2 aliphatic heterocycles. The van der Waals surface area contributed by atoms with Gasteiger partial charge in [0.1, 0.15) is 10.6 Å². The largest absolute Gasteiger partial charge is 0.495 e. The first-order chi connectivity index (χ1) is 14.5. The standard InChI is InChI=1S/C19H26N2O8S2/c1-4-29-19(23)14-6-5-9-20(11-14)31(26,27)17-10-15(7-8-16(17)28-3)21-18(22)13(2)12-30(21,24)25/h7-8,10,13-14H,4-6,9,11-12H2,1-3H3/t13-,14-/m1/s1. The summed E-state index contributed by atoms with van der Waals surface area (Å²) in [6.07, 6.45) is 0.988. The van der Waals surface area contributed by atoms with Gasteiger partial charge in [0.2, 0.25) is 26.0 Å². The van der Waals surface area contributed by atoms with Crippen LogP contribution in [0.25, 0.3) is 0 Å². The van der Waals surface area contributed by atoms with Crippen LogP contribution >= 0.6 is 0 Å². The first kappa shape index (κ1) is 23.5. The predicted molar refractivity (Wildman–Crippen MR) is 112 cm³/mol. The molecule has 2 heterocycles. The van der Waals surface area contributed by atoms with Gasteiger partial charge in [0.25, 0.3) is 0 Å². The molecule has 0 N–H and O–H groups in total. The summed E-state index contributed by atoms with van der Waals surface area (Å²) in [4.78, 5) is 24.3. The molecule has 172 valence electrons. The van der Waals surface area contributed by atoms with E-state index in [0.717, 1.165) is 6.07 Å². The van der Waals surface area contributed by atoms with Gasteiger partial charge in [-0.25, -0.2) is 21.1 Å². The highest BCUT2D eigenvalue weighted by molar-refractivity contribution is 7.94. The number of ether oxygens (including phenoxy) is 2. The Kier molecular flexibility index (Phi) is 6.63. The summed E-state index contributed by atoms with van der Waals surface area (Å²) < 4.78 is 63.7. The highest BCUT2D eigenvalue weighted by atomic mass is 32.2. The average Bonchev–Trinajstić information content (AvgIpc) is 2.94. The molecule has 0 bridgehead atoms. The second kappa shape index (κ2) is 8.75. The molecule has 1 amide bonds. The van der Waals surface area contributed by atoms with Gasteiger partial charge in [0.15, 0.2) is 0 Å². The van der Waals surface area contributed by atoms with Crippen molar-refractivity contribution in [2.24, 2.45) is 11.8 Å². The van der Waals surface area contributed by atoms with Crippen LogP contribution in [0.3, 0.4) is 0 Å². The molecule has 0 radical (unpaired) electrons. The van der Waals surface area contributed by atoms with Crippen molar-refractivity contribution < 1.29 is 35.9 Å². The SMILES string of the molecule is CCOC(=O)[C@@H]1CCCN(S(=O)(=O)c2cc(N3C(=O)[C@H](C)CS3(=O)=O)ccc2OC)C1. The highest BCUT2D eigenvalue weighted by Gasteiger charge is 2.43. The lowest BCUT2D eigenvalue weighted by molar-refractivity contribution is -0.149. The van der Waals surface area contributed by atoms with Gasteiger partial charge in [0.05, 0.1) is 37.0 Å². The van der Waals surface area contributed by atoms with Crippen molar-refractivity contribution in [1.82, 2.24) is 4.31 Å². The Hall–Kier alpha value is -2.18. The van der Waals surface area contributed by atoms with E-state index in [1.165, 1.54) is 30.5 Å². The number of nitrogens with zero attached hydrogens (tertiary/aromatic N) is 2. The van der Waals surface area contributed by atoms with E-state index in [1.807, 2.05) is 0 Å². The summed E-state index contributed by atoms with van der Waals surface area (Å²) in [7, 11) is -6.74. The number of rotatable bonds is 6. The summed E-state index contributed by atoms with van der Waals surface area (Å²) in [6, 6.07) is 3.79. The first-order valence-corrected chi connectivity index (χ1v) is 13.0. The van der Waals surface area contributed by atoms with Gasteiger partial charge in [-0.05, 0) is 38.0 Å². The van der Waals surface area contributed by atoms with Crippen molar-refractivity contribution in [3.8, 4) is 5.75 Å². The molecule has 0 saturated carbocycles. The quantitative estimate of drug-likeness (QED) is 0.558. The van der Waals surface area contributed by atoms with Gasteiger partial charge < -0.3 is 9.47 Å². The third-order valence-corrected chi connectivity index (χ3v) is 9.12. The minimum atomic E-state index is -4.14. The molecule has 0 aliphatic carbocycles. The molecular formula is C19H26N2O8S2. The lowest BCUT2D eigenvalue weighted by Crippen LogP contribution is -2.42. The van der Waals surface area contributed by atoms with E-state index in [2.05, 4.69) is 0 Å². The molecule has 3 rings (SSSR count). The predicted octanol–water partition coefficient (Wildman–Crippen LogP) is 0.972. The number of sulfonamides is 2. The molecule has 2 saturated heterocycles. The van der Waals surface area contributed by atoms with Crippen LogP contribution in [0.2, 0.25) is 0 Å². The summed E-state index contributed by atoms with van der Waals surface area (Å²) in [5, 5.41) is 0. The van der Waals surface area contributed by atoms with E-state index in [1.54, 1.807) is 6.92 Å². The van der Waals surface area contributed by atoms with Crippen LogP contribution in [0.1, 0.15) is 26.7 Å². The van der Waals surface area contributed by atoms with Crippen molar-refractivity contribution in [3.05, 3.63) is 18.2 Å². The monoisotopic (exact) mass is 474 g/mol. The van der Waals surface area contributed by atoms with Crippen molar-refractivity contribution in [1.29, 1.82) is 0 Å². The van der Waals surface area contributed by atoms with Gasteiger partial charge in [0, 0.05) is 13.1 Å². The van der Waals surface area contributed by atoms with Gasteiger partial charge in [-0.2, -0.15) is 4.31 Å². The first-order valence-electron chi connectivity index (χ1n) is 9.94. The Bertz CT molecular complexity index is 1080. The van der Waals surface area contributed by atoms with Crippen LogP contribution in [-0.4, -0.2) is 65.6 Å². The molecular weight excluding hydrogens is 448 g/mol. The Morgan fingerprint density at radius 3 is 2.58 bits per heavy atom. The molecule has 12 heteroatoms. The van der Waals surface area contributed by atoms with Crippen LogP contribution in [0.4, 0.5) is 5.69 Å². The van der Waals surface area contributed by atoms with Crippen LogP contribution in [0.15, 0.2) is 23.1 Å². The maximum atomic E-state index is 13.4. The molecule has 0 unspecified atom stereocenters. The van der Waals surface area contributed by atoms with Gasteiger partial charge in [-0.15, -0.1) is 0 Å². The zero-order valence-electron chi connectivity index (χ0n) is 17.6. The van der Waals surface area contributed by atoms with Gasteiger partial charge >= 0.3 is 5.97 Å². The smallest absolute Gasteiger partial charge is 0.310 e. The number of carbonyl (C=O) groups excluding carboxylic acids is 2. The molecule has 10 nitrogen and oxygen atoms in total. The van der Waals surface area contributed by atoms with Crippen LogP contribution < -0.4 is 9.04 Å². The second-order valence-electron chi connectivity index (χ2n) is 7.57. The molecule has 1 aromatic carbocycles. The zero-order valence-corrected chi connectivity index (χ0v) is 19.2. The summed E-state index contributed by atoms with van der Waals surface area (Å²) in [6.45, 7) is 3.54. The van der Waals surface area contributed by atoms with E-state index in [0.29, 0.717) is 17.1 Å². The second-order valence-corrected chi connectivity index (χ2v) is 11.3. The average molecular weight is 475 g/mol. The normalized spacial score (nSPS) is 24.2. The fraction of sp³-hybridized carbons (Fsp3) is 0.579. The number of piperidine rings is 1. The Labute approximate surface area is 182 Å². The van der Waals surface area contributed by atoms with Gasteiger partial charge in [-0.1, -0.05) is 6.92 Å². The van der Waals surface area contributed by atoms with E-state index >= 15 is 0 Å². The minimum absolute atomic E-state index is 0.0131. The molecule has 0 spiro atoms. The number of esters is 1. The van der Waals surface area contributed by atoms with E-state index in [4.69, 9.17) is 9.47 Å². The lowest BCUT2D eigenvalue weighted by atomic mass is 10.0. The van der Waals surface area contributed by atoms with Crippen molar-refractivity contribution in [3.63, 3.8) is 0 Å². The fourth-order valence-electron chi connectivity index (χ4n) is 3.83. The van der Waals surface area contributed by atoms with Crippen molar-refractivity contribution >= 4 is 37.6 Å². The Balaban J connectivity index is 2.00. The van der Waals surface area contributed by atoms with E-state index in [-0.39, 0.29) is 41.8 Å². The van der Waals surface area contributed by atoms with Crippen molar-refractivity contribution in [2.45, 2.75) is 31.6 Å².